The average Bonchev–Trinajstić information content (AvgIpc) is 3.03. The van der Waals surface area contributed by atoms with Gasteiger partial charge in [-0.05, 0) is 73.5 Å². The molecule has 1 aliphatic heterocycles. The van der Waals surface area contributed by atoms with E-state index < -0.39 is 0 Å². The monoisotopic (exact) mass is 455 g/mol. The van der Waals surface area contributed by atoms with E-state index in [4.69, 9.17) is 14.2 Å². The Hall–Kier alpha value is -2.93. The minimum absolute atomic E-state index is 0.199. The van der Waals surface area contributed by atoms with Crippen LogP contribution in [0.25, 0.3) is 6.08 Å². The molecule has 6 nitrogen and oxygen atoms in total. The lowest BCUT2D eigenvalue weighted by atomic mass is 10.2. The molecule has 0 radical (unpaired) electrons. The SMILES string of the molecule is CCCCOc1ccc(/C=C2\SC(=O)N(CCOc3cccc(C)c3)C2=O)cc1OCC. The summed E-state index contributed by atoms with van der Waals surface area (Å²) in [6.45, 7) is 7.57. The van der Waals surface area contributed by atoms with E-state index >= 15 is 0 Å². The zero-order valence-electron chi connectivity index (χ0n) is 18.8. The van der Waals surface area contributed by atoms with Gasteiger partial charge < -0.3 is 14.2 Å². The topological polar surface area (TPSA) is 65.1 Å². The molecular weight excluding hydrogens is 426 g/mol. The smallest absolute Gasteiger partial charge is 0.293 e. The third-order valence-electron chi connectivity index (χ3n) is 4.77. The first kappa shape index (κ1) is 23.7. The number of thioether (sulfide) groups is 1. The Morgan fingerprint density at radius 2 is 1.81 bits per heavy atom. The quantitative estimate of drug-likeness (QED) is 0.320. The van der Waals surface area contributed by atoms with Gasteiger partial charge in [0.1, 0.15) is 12.4 Å². The van der Waals surface area contributed by atoms with Gasteiger partial charge in [0.15, 0.2) is 11.5 Å². The standard InChI is InChI=1S/C25H29NO5S/c1-4-6-13-31-21-11-10-19(16-22(21)29-5-2)17-23-24(27)26(25(28)32-23)12-14-30-20-9-7-8-18(3)15-20/h7-11,15-17H,4-6,12-14H2,1-3H3/b23-17-. The molecular formula is C25H29NO5S. The van der Waals surface area contributed by atoms with Crippen LogP contribution < -0.4 is 14.2 Å². The van der Waals surface area contributed by atoms with Gasteiger partial charge in [-0.2, -0.15) is 0 Å². The van der Waals surface area contributed by atoms with Crippen molar-refractivity contribution in [1.82, 2.24) is 4.90 Å². The first-order chi connectivity index (χ1) is 15.5. The molecule has 7 heteroatoms. The Labute approximate surface area is 193 Å². The van der Waals surface area contributed by atoms with E-state index in [1.54, 1.807) is 6.08 Å². The van der Waals surface area contributed by atoms with E-state index in [2.05, 4.69) is 6.92 Å². The number of carbonyl (C=O) groups excluding carboxylic acids is 2. The van der Waals surface area contributed by atoms with Crippen LogP contribution in [-0.4, -0.2) is 42.4 Å². The van der Waals surface area contributed by atoms with Crippen molar-refractivity contribution in [2.75, 3.05) is 26.4 Å². The molecule has 0 aliphatic carbocycles. The molecule has 0 spiro atoms. The molecule has 2 aromatic rings. The molecule has 0 saturated carbocycles. The van der Waals surface area contributed by atoms with Crippen molar-refractivity contribution in [2.24, 2.45) is 0 Å². The number of amides is 2. The maximum Gasteiger partial charge on any atom is 0.293 e. The Morgan fingerprint density at radius 1 is 0.969 bits per heavy atom. The van der Waals surface area contributed by atoms with E-state index in [-0.39, 0.29) is 24.3 Å². The number of hydrogen-bond acceptors (Lipinski definition) is 6. The number of hydrogen-bond donors (Lipinski definition) is 0. The molecule has 1 aliphatic rings. The highest BCUT2D eigenvalue weighted by molar-refractivity contribution is 8.18. The minimum atomic E-state index is -0.311. The van der Waals surface area contributed by atoms with Crippen molar-refractivity contribution in [3.8, 4) is 17.2 Å². The number of unbranched alkanes of at least 4 members (excludes halogenated alkanes) is 1. The van der Waals surface area contributed by atoms with Gasteiger partial charge in [-0.25, -0.2) is 0 Å². The molecule has 32 heavy (non-hydrogen) atoms. The summed E-state index contributed by atoms with van der Waals surface area (Å²) in [5.74, 6) is 1.72. The van der Waals surface area contributed by atoms with Crippen LogP contribution in [0.15, 0.2) is 47.4 Å². The van der Waals surface area contributed by atoms with Crippen molar-refractivity contribution < 1.29 is 23.8 Å². The first-order valence-electron chi connectivity index (χ1n) is 10.9. The van der Waals surface area contributed by atoms with Crippen LogP contribution >= 0.6 is 11.8 Å². The normalized spacial score (nSPS) is 14.8. The summed E-state index contributed by atoms with van der Waals surface area (Å²) < 4.78 is 17.2. The largest absolute Gasteiger partial charge is 0.492 e. The fourth-order valence-corrected chi connectivity index (χ4v) is 4.00. The van der Waals surface area contributed by atoms with Gasteiger partial charge in [-0.1, -0.05) is 31.5 Å². The number of imide groups is 1. The van der Waals surface area contributed by atoms with Crippen molar-refractivity contribution in [1.29, 1.82) is 0 Å². The molecule has 170 valence electrons. The van der Waals surface area contributed by atoms with Crippen LogP contribution in [0.2, 0.25) is 0 Å². The molecule has 2 aromatic carbocycles. The summed E-state index contributed by atoms with van der Waals surface area (Å²) in [7, 11) is 0. The second-order valence-electron chi connectivity index (χ2n) is 7.34. The van der Waals surface area contributed by atoms with Gasteiger partial charge in [-0.15, -0.1) is 0 Å². The highest BCUT2D eigenvalue weighted by Crippen LogP contribution is 2.34. The van der Waals surface area contributed by atoms with E-state index in [0.717, 1.165) is 41.5 Å². The predicted octanol–water partition coefficient (Wildman–Crippen LogP) is 5.69. The molecule has 1 heterocycles. The number of aryl methyl sites for hydroxylation is 1. The van der Waals surface area contributed by atoms with Crippen molar-refractivity contribution >= 4 is 29.0 Å². The van der Waals surface area contributed by atoms with E-state index in [0.29, 0.717) is 29.6 Å². The van der Waals surface area contributed by atoms with Crippen LogP contribution in [0.1, 0.15) is 37.8 Å². The summed E-state index contributed by atoms with van der Waals surface area (Å²) in [6, 6.07) is 13.2. The maximum atomic E-state index is 12.8. The van der Waals surface area contributed by atoms with Gasteiger partial charge in [0.25, 0.3) is 11.1 Å². The Morgan fingerprint density at radius 3 is 2.56 bits per heavy atom. The summed E-state index contributed by atoms with van der Waals surface area (Å²) in [5.41, 5.74) is 1.86. The molecule has 0 unspecified atom stereocenters. The number of nitrogens with zero attached hydrogens (tertiary/aromatic N) is 1. The molecule has 0 bridgehead atoms. The fourth-order valence-electron chi connectivity index (χ4n) is 3.13. The van der Waals surface area contributed by atoms with Gasteiger partial charge >= 0.3 is 0 Å². The third kappa shape index (κ3) is 6.29. The van der Waals surface area contributed by atoms with E-state index in [1.807, 2.05) is 56.3 Å². The lowest BCUT2D eigenvalue weighted by molar-refractivity contribution is -0.123. The van der Waals surface area contributed by atoms with Crippen LogP contribution in [-0.2, 0) is 4.79 Å². The summed E-state index contributed by atoms with van der Waals surface area (Å²) in [6.07, 6.45) is 3.73. The number of rotatable bonds is 11. The zero-order chi connectivity index (χ0) is 22.9. The Kier molecular flexibility index (Phi) is 8.62. The van der Waals surface area contributed by atoms with Crippen molar-refractivity contribution in [3.63, 3.8) is 0 Å². The zero-order valence-corrected chi connectivity index (χ0v) is 19.6. The highest BCUT2D eigenvalue weighted by Gasteiger charge is 2.34. The van der Waals surface area contributed by atoms with Gasteiger partial charge in [-0.3, -0.25) is 14.5 Å². The van der Waals surface area contributed by atoms with E-state index in [9.17, 15) is 9.59 Å². The van der Waals surface area contributed by atoms with Crippen LogP contribution in [0.3, 0.4) is 0 Å². The Balaban J connectivity index is 1.65. The van der Waals surface area contributed by atoms with Crippen molar-refractivity contribution in [2.45, 2.75) is 33.6 Å². The number of ether oxygens (including phenoxy) is 3. The second kappa shape index (κ2) is 11.6. The van der Waals surface area contributed by atoms with Crippen LogP contribution in [0.4, 0.5) is 4.79 Å². The average molecular weight is 456 g/mol. The molecule has 0 atom stereocenters. The van der Waals surface area contributed by atoms with Crippen LogP contribution in [0, 0.1) is 6.92 Å². The maximum absolute atomic E-state index is 12.8. The number of carbonyl (C=O) groups is 2. The van der Waals surface area contributed by atoms with Gasteiger partial charge in [0.05, 0.1) is 24.7 Å². The summed E-state index contributed by atoms with van der Waals surface area (Å²) in [4.78, 5) is 26.8. The van der Waals surface area contributed by atoms with Gasteiger partial charge in [0.2, 0.25) is 0 Å². The number of benzene rings is 2. The molecule has 3 rings (SSSR count). The molecule has 0 N–H and O–H groups in total. The lowest BCUT2D eigenvalue weighted by Crippen LogP contribution is -2.32. The summed E-state index contributed by atoms with van der Waals surface area (Å²) >= 11 is 0.937. The summed E-state index contributed by atoms with van der Waals surface area (Å²) in [5, 5.41) is -0.293. The van der Waals surface area contributed by atoms with Crippen LogP contribution in [0.5, 0.6) is 17.2 Å². The third-order valence-corrected chi connectivity index (χ3v) is 5.67. The molecule has 1 saturated heterocycles. The lowest BCUT2D eigenvalue weighted by Gasteiger charge is -2.13. The molecule has 2 amide bonds. The van der Waals surface area contributed by atoms with Gasteiger partial charge in [0, 0.05) is 0 Å². The minimum Gasteiger partial charge on any atom is -0.492 e. The Bertz CT molecular complexity index is 988. The first-order valence-corrected chi connectivity index (χ1v) is 11.7. The highest BCUT2D eigenvalue weighted by atomic mass is 32.2. The predicted molar refractivity (Wildman–Crippen MR) is 127 cm³/mol. The molecule has 1 fully saturated rings. The van der Waals surface area contributed by atoms with Crippen molar-refractivity contribution in [3.05, 3.63) is 58.5 Å². The molecule has 0 aromatic heterocycles. The fraction of sp³-hybridized carbons (Fsp3) is 0.360. The van der Waals surface area contributed by atoms with E-state index in [1.165, 1.54) is 4.90 Å². The second-order valence-corrected chi connectivity index (χ2v) is 8.33.